The topological polar surface area (TPSA) is 76.7 Å². The number of fused-ring (bicyclic) bond motifs is 1. The first-order valence-corrected chi connectivity index (χ1v) is 7.45. The highest BCUT2D eigenvalue weighted by Gasteiger charge is 2.24. The number of nitrogens with one attached hydrogen (secondary N) is 2. The van der Waals surface area contributed by atoms with E-state index in [-0.39, 0.29) is 18.6 Å². The lowest BCUT2D eigenvalue weighted by Gasteiger charge is -2.15. The summed E-state index contributed by atoms with van der Waals surface area (Å²) in [4.78, 5) is 23.6. The summed E-state index contributed by atoms with van der Waals surface area (Å²) in [5.41, 5.74) is 0.628. The smallest absolute Gasteiger partial charge is 0.247 e. The highest BCUT2D eigenvalue weighted by Crippen LogP contribution is 2.34. The van der Waals surface area contributed by atoms with E-state index in [1.54, 1.807) is 30.0 Å². The molecule has 0 saturated carbocycles. The fourth-order valence-electron chi connectivity index (χ4n) is 2.02. The fraction of sp³-hybridized carbons (Fsp3) is 0.385. The summed E-state index contributed by atoms with van der Waals surface area (Å²) < 4.78 is 10.5. The minimum absolute atomic E-state index is 0.0826. The zero-order valence-electron chi connectivity index (χ0n) is 10.7. The van der Waals surface area contributed by atoms with Crippen molar-refractivity contribution in [1.29, 1.82) is 0 Å². The number of anilines is 1. The molecule has 0 radical (unpaired) electrons. The van der Waals surface area contributed by atoms with E-state index >= 15 is 0 Å². The minimum atomic E-state index is -0.500. The predicted molar refractivity (Wildman–Crippen MR) is 75.1 cm³/mol. The normalized spacial score (nSPS) is 21.0. The van der Waals surface area contributed by atoms with Crippen molar-refractivity contribution < 1.29 is 19.1 Å². The molecule has 1 atom stereocenters. The van der Waals surface area contributed by atoms with Crippen molar-refractivity contribution in [3.8, 4) is 11.5 Å². The molecule has 1 aromatic carbocycles. The van der Waals surface area contributed by atoms with Gasteiger partial charge < -0.3 is 20.1 Å². The first-order valence-electron chi connectivity index (χ1n) is 6.30. The van der Waals surface area contributed by atoms with Gasteiger partial charge in [0, 0.05) is 29.7 Å². The molecule has 106 valence electrons. The third-order valence-electron chi connectivity index (χ3n) is 3.05. The second-order valence-corrected chi connectivity index (χ2v) is 5.65. The first kappa shape index (κ1) is 13.1. The van der Waals surface area contributed by atoms with E-state index in [1.807, 2.05) is 0 Å². The molecule has 2 aliphatic rings. The Labute approximate surface area is 120 Å². The van der Waals surface area contributed by atoms with Crippen molar-refractivity contribution in [3.63, 3.8) is 0 Å². The average molecular weight is 294 g/mol. The molecule has 6 nitrogen and oxygen atoms in total. The summed E-state index contributed by atoms with van der Waals surface area (Å²) >= 11 is 1.60. The first-order chi connectivity index (χ1) is 9.72. The maximum absolute atomic E-state index is 12.2. The van der Waals surface area contributed by atoms with Gasteiger partial charge in [-0.15, -0.1) is 0 Å². The van der Waals surface area contributed by atoms with Crippen LogP contribution in [0.25, 0.3) is 0 Å². The number of amides is 2. The van der Waals surface area contributed by atoms with Crippen molar-refractivity contribution in [1.82, 2.24) is 5.32 Å². The van der Waals surface area contributed by atoms with E-state index < -0.39 is 6.04 Å². The van der Waals surface area contributed by atoms with E-state index in [9.17, 15) is 9.59 Å². The van der Waals surface area contributed by atoms with Crippen molar-refractivity contribution >= 4 is 29.3 Å². The van der Waals surface area contributed by atoms with Gasteiger partial charge in [0.25, 0.3) is 0 Å². The van der Waals surface area contributed by atoms with Crippen molar-refractivity contribution in [2.75, 3.05) is 23.6 Å². The van der Waals surface area contributed by atoms with Crippen molar-refractivity contribution in [3.05, 3.63) is 18.2 Å². The summed E-state index contributed by atoms with van der Waals surface area (Å²) in [5, 5.41) is 5.51. The van der Waals surface area contributed by atoms with Crippen LogP contribution in [-0.2, 0) is 9.59 Å². The molecular weight excluding hydrogens is 280 g/mol. The predicted octanol–water partition coefficient (Wildman–Crippen LogP) is 0.975. The molecule has 0 bridgehead atoms. The number of hydrogen-bond donors (Lipinski definition) is 2. The van der Waals surface area contributed by atoms with Gasteiger partial charge in [0.15, 0.2) is 11.5 Å². The SMILES string of the molecule is O=C1CCSC[C@@H](C(=O)Nc2ccc3c(c2)OCO3)N1. The van der Waals surface area contributed by atoms with Crippen LogP contribution in [0, 0.1) is 0 Å². The molecule has 0 unspecified atom stereocenters. The molecule has 1 aromatic rings. The molecule has 0 aromatic heterocycles. The molecule has 20 heavy (non-hydrogen) atoms. The monoisotopic (exact) mass is 294 g/mol. The third-order valence-corrected chi connectivity index (χ3v) is 4.11. The van der Waals surface area contributed by atoms with Gasteiger partial charge in [0.05, 0.1) is 0 Å². The summed E-state index contributed by atoms with van der Waals surface area (Å²) in [6, 6.07) is 4.71. The Morgan fingerprint density at radius 3 is 3.10 bits per heavy atom. The second-order valence-electron chi connectivity index (χ2n) is 4.50. The van der Waals surface area contributed by atoms with Gasteiger partial charge in [-0.25, -0.2) is 0 Å². The molecule has 3 rings (SSSR count). The Kier molecular flexibility index (Phi) is 3.68. The fourth-order valence-corrected chi connectivity index (χ4v) is 2.99. The van der Waals surface area contributed by atoms with Crippen molar-refractivity contribution in [2.45, 2.75) is 12.5 Å². The van der Waals surface area contributed by atoms with E-state index in [0.717, 1.165) is 5.75 Å². The number of benzene rings is 1. The maximum atomic E-state index is 12.2. The lowest BCUT2D eigenvalue weighted by atomic mass is 10.2. The van der Waals surface area contributed by atoms with E-state index in [0.29, 0.717) is 29.4 Å². The standard InChI is InChI=1S/C13H14N2O4S/c16-12-3-4-20-6-9(15-12)13(17)14-8-1-2-10-11(5-8)19-7-18-10/h1-2,5,9H,3-4,6-7H2,(H,14,17)(H,15,16)/t9-/m0/s1. The third kappa shape index (κ3) is 2.82. The maximum Gasteiger partial charge on any atom is 0.247 e. The summed E-state index contributed by atoms with van der Waals surface area (Å²) in [5.74, 6) is 2.32. The van der Waals surface area contributed by atoms with Crippen LogP contribution < -0.4 is 20.1 Å². The number of carbonyl (C=O) groups excluding carboxylic acids is 2. The molecule has 2 N–H and O–H groups in total. The highest BCUT2D eigenvalue weighted by atomic mass is 32.2. The van der Waals surface area contributed by atoms with Gasteiger partial charge in [-0.1, -0.05) is 0 Å². The average Bonchev–Trinajstić information content (AvgIpc) is 2.78. The van der Waals surface area contributed by atoms with Crippen LogP contribution in [0.1, 0.15) is 6.42 Å². The Balaban J connectivity index is 1.67. The van der Waals surface area contributed by atoms with Crippen LogP contribution in [0.3, 0.4) is 0 Å². The largest absolute Gasteiger partial charge is 0.454 e. The van der Waals surface area contributed by atoms with Gasteiger partial charge in [0.1, 0.15) is 6.04 Å². The van der Waals surface area contributed by atoms with Gasteiger partial charge in [0.2, 0.25) is 18.6 Å². The van der Waals surface area contributed by atoms with Crippen LogP contribution in [-0.4, -0.2) is 36.2 Å². The molecule has 0 aliphatic carbocycles. The van der Waals surface area contributed by atoms with E-state index in [2.05, 4.69) is 10.6 Å². The number of hydrogen-bond acceptors (Lipinski definition) is 5. The summed E-state index contributed by atoms with van der Waals surface area (Å²) in [6.45, 7) is 0.196. The molecule has 1 saturated heterocycles. The molecule has 2 aliphatic heterocycles. The molecular formula is C13H14N2O4S. The van der Waals surface area contributed by atoms with Crippen molar-refractivity contribution in [2.24, 2.45) is 0 Å². The quantitative estimate of drug-likeness (QED) is 0.850. The molecule has 2 heterocycles. The van der Waals surface area contributed by atoms with Gasteiger partial charge in [-0.05, 0) is 12.1 Å². The molecule has 1 fully saturated rings. The molecule has 2 amide bonds. The summed E-state index contributed by atoms with van der Waals surface area (Å²) in [7, 11) is 0. The zero-order valence-corrected chi connectivity index (χ0v) is 11.5. The zero-order chi connectivity index (χ0) is 13.9. The summed E-state index contributed by atoms with van der Waals surface area (Å²) in [6.07, 6.45) is 0.457. The Bertz CT molecular complexity index is 549. The lowest BCUT2D eigenvalue weighted by molar-refractivity contribution is -0.125. The number of thioether (sulfide) groups is 1. The van der Waals surface area contributed by atoms with Gasteiger partial charge in [-0.2, -0.15) is 11.8 Å². The minimum Gasteiger partial charge on any atom is -0.454 e. The van der Waals surface area contributed by atoms with E-state index in [4.69, 9.17) is 9.47 Å². The highest BCUT2D eigenvalue weighted by molar-refractivity contribution is 7.99. The molecule has 7 heteroatoms. The van der Waals surface area contributed by atoms with E-state index in [1.165, 1.54) is 0 Å². The van der Waals surface area contributed by atoms with Gasteiger partial charge in [-0.3, -0.25) is 9.59 Å². The number of rotatable bonds is 2. The Morgan fingerprint density at radius 2 is 2.20 bits per heavy atom. The number of carbonyl (C=O) groups is 2. The van der Waals surface area contributed by atoms with Gasteiger partial charge >= 0.3 is 0 Å². The second kappa shape index (κ2) is 5.62. The van der Waals surface area contributed by atoms with Crippen LogP contribution in [0.15, 0.2) is 18.2 Å². The molecule has 0 spiro atoms. The lowest BCUT2D eigenvalue weighted by Crippen LogP contribution is -2.44. The Morgan fingerprint density at radius 1 is 1.35 bits per heavy atom. The Hall–Kier alpha value is -1.89. The van der Waals surface area contributed by atoms with Crippen LogP contribution in [0.4, 0.5) is 5.69 Å². The number of ether oxygens (including phenoxy) is 2. The van der Waals surface area contributed by atoms with Crippen LogP contribution in [0.2, 0.25) is 0 Å². The van der Waals surface area contributed by atoms with Crippen LogP contribution in [0.5, 0.6) is 11.5 Å². The van der Waals surface area contributed by atoms with Crippen LogP contribution >= 0.6 is 11.8 Å².